The van der Waals surface area contributed by atoms with E-state index in [2.05, 4.69) is 13.8 Å². The predicted molar refractivity (Wildman–Crippen MR) is 47.7 cm³/mol. The molecular formula is C9H19NO2. The van der Waals surface area contributed by atoms with E-state index in [9.17, 15) is 0 Å². The fourth-order valence-corrected chi connectivity index (χ4v) is 1.85. The topological polar surface area (TPSA) is 55.5 Å². The standard InChI is InChI=1S/C9H19NO2/c1-6-7(2)9(5-8(6)10)12-4-3-11/h6-9,11H,3-5,10H2,1-2H3/t6-,7+,8-,9+/m1/s1. The maximum atomic E-state index is 8.59. The molecule has 3 heteroatoms. The van der Waals surface area contributed by atoms with Crippen LogP contribution in [0.5, 0.6) is 0 Å². The molecule has 0 aromatic rings. The van der Waals surface area contributed by atoms with Gasteiger partial charge in [-0.05, 0) is 18.3 Å². The normalized spacial score (nSPS) is 42.0. The number of nitrogens with two attached hydrogens (primary N) is 1. The SMILES string of the molecule is C[C@@H]1[C@H](C)[C@@H](OCCO)C[C@H]1N. The Morgan fingerprint density at radius 3 is 2.50 bits per heavy atom. The lowest BCUT2D eigenvalue weighted by Crippen LogP contribution is -2.24. The van der Waals surface area contributed by atoms with Crippen LogP contribution in [0.1, 0.15) is 20.3 Å². The van der Waals surface area contributed by atoms with E-state index in [1.165, 1.54) is 0 Å². The highest BCUT2D eigenvalue weighted by Crippen LogP contribution is 2.32. The fraction of sp³-hybridized carbons (Fsp3) is 1.00. The van der Waals surface area contributed by atoms with E-state index in [-0.39, 0.29) is 18.8 Å². The largest absolute Gasteiger partial charge is 0.394 e. The first-order valence-electron chi connectivity index (χ1n) is 4.65. The highest BCUT2D eigenvalue weighted by Gasteiger charge is 2.36. The molecule has 0 unspecified atom stereocenters. The summed E-state index contributed by atoms with van der Waals surface area (Å²) in [7, 11) is 0. The van der Waals surface area contributed by atoms with Gasteiger partial charge in [0.25, 0.3) is 0 Å². The average molecular weight is 173 g/mol. The monoisotopic (exact) mass is 173 g/mol. The first-order chi connectivity index (χ1) is 5.66. The van der Waals surface area contributed by atoms with E-state index in [0.29, 0.717) is 18.4 Å². The maximum Gasteiger partial charge on any atom is 0.0701 e. The van der Waals surface area contributed by atoms with E-state index >= 15 is 0 Å². The zero-order valence-electron chi connectivity index (χ0n) is 7.86. The van der Waals surface area contributed by atoms with Crippen LogP contribution in [0.4, 0.5) is 0 Å². The summed E-state index contributed by atoms with van der Waals surface area (Å²) in [6.45, 7) is 4.87. The van der Waals surface area contributed by atoms with Gasteiger partial charge in [0.15, 0.2) is 0 Å². The van der Waals surface area contributed by atoms with Gasteiger partial charge in [0.2, 0.25) is 0 Å². The zero-order valence-corrected chi connectivity index (χ0v) is 7.86. The molecule has 0 aromatic heterocycles. The lowest BCUT2D eigenvalue weighted by molar-refractivity contribution is 0.00724. The molecule has 12 heavy (non-hydrogen) atoms. The molecule has 0 saturated heterocycles. The molecule has 0 aliphatic heterocycles. The van der Waals surface area contributed by atoms with Crippen LogP contribution >= 0.6 is 0 Å². The highest BCUT2D eigenvalue weighted by molar-refractivity contribution is 4.89. The average Bonchev–Trinajstić information content (AvgIpc) is 2.30. The number of aliphatic hydroxyl groups excluding tert-OH is 1. The molecule has 1 saturated carbocycles. The lowest BCUT2D eigenvalue weighted by atomic mass is 9.97. The quantitative estimate of drug-likeness (QED) is 0.648. The van der Waals surface area contributed by atoms with Crippen LogP contribution in [0.2, 0.25) is 0 Å². The number of aliphatic hydroxyl groups is 1. The van der Waals surface area contributed by atoms with Gasteiger partial charge < -0.3 is 15.6 Å². The second-order valence-corrected chi connectivity index (χ2v) is 3.75. The molecule has 1 fully saturated rings. The molecule has 72 valence electrons. The van der Waals surface area contributed by atoms with Crippen LogP contribution in [-0.4, -0.2) is 30.5 Å². The van der Waals surface area contributed by atoms with Crippen molar-refractivity contribution in [2.24, 2.45) is 17.6 Å². The van der Waals surface area contributed by atoms with Gasteiger partial charge in [-0.25, -0.2) is 0 Å². The van der Waals surface area contributed by atoms with Crippen molar-refractivity contribution in [2.75, 3.05) is 13.2 Å². The third-order valence-corrected chi connectivity index (χ3v) is 3.02. The lowest BCUT2D eigenvalue weighted by Gasteiger charge is -2.17. The van der Waals surface area contributed by atoms with Crippen molar-refractivity contribution in [3.05, 3.63) is 0 Å². The Morgan fingerprint density at radius 1 is 1.42 bits per heavy atom. The third-order valence-electron chi connectivity index (χ3n) is 3.02. The Morgan fingerprint density at radius 2 is 2.08 bits per heavy atom. The van der Waals surface area contributed by atoms with Gasteiger partial charge in [-0.2, -0.15) is 0 Å². The highest BCUT2D eigenvalue weighted by atomic mass is 16.5. The van der Waals surface area contributed by atoms with Gasteiger partial charge in [-0.1, -0.05) is 13.8 Å². The minimum Gasteiger partial charge on any atom is -0.394 e. The summed E-state index contributed by atoms with van der Waals surface area (Å²) in [5.41, 5.74) is 5.89. The number of hydrogen-bond donors (Lipinski definition) is 2. The Balaban J connectivity index is 2.36. The van der Waals surface area contributed by atoms with Gasteiger partial charge in [-0.15, -0.1) is 0 Å². The van der Waals surface area contributed by atoms with Gasteiger partial charge in [-0.3, -0.25) is 0 Å². The maximum absolute atomic E-state index is 8.59. The molecule has 0 heterocycles. The van der Waals surface area contributed by atoms with Gasteiger partial charge >= 0.3 is 0 Å². The minimum absolute atomic E-state index is 0.104. The summed E-state index contributed by atoms with van der Waals surface area (Å²) in [5, 5.41) is 8.59. The Bertz CT molecular complexity index is 140. The van der Waals surface area contributed by atoms with Gasteiger partial charge in [0.05, 0.1) is 19.3 Å². The smallest absolute Gasteiger partial charge is 0.0701 e. The van der Waals surface area contributed by atoms with Crippen molar-refractivity contribution in [1.29, 1.82) is 0 Å². The van der Waals surface area contributed by atoms with E-state index in [0.717, 1.165) is 6.42 Å². The van der Waals surface area contributed by atoms with E-state index in [1.807, 2.05) is 0 Å². The van der Waals surface area contributed by atoms with Gasteiger partial charge in [0.1, 0.15) is 0 Å². The van der Waals surface area contributed by atoms with Crippen molar-refractivity contribution in [3.8, 4) is 0 Å². The van der Waals surface area contributed by atoms with Crippen molar-refractivity contribution < 1.29 is 9.84 Å². The summed E-state index contributed by atoms with van der Waals surface area (Å²) in [6, 6.07) is 0.267. The Hall–Kier alpha value is -0.120. The Kier molecular flexibility index (Phi) is 3.50. The molecule has 4 atom stereocenters. The summed E-state index contributed by atoms with van der Waals surface area (Å²) in [6.07, 6.45) is 1.18. The van der Waals surface area contributed by atoms with E-state index in [4.69, 9.17) is 15.6 Å². The first-order valence-corrected chi connectivity index (χ1v) is 4.65. The van der Waals surface area contributed by atoms with Crippen LogP contribution < -0.4 is 5.73 Å². The number of ether oxygens (including phenoxy) is 1. The second-order valence-electron chi connectivity index (χ2n) is 3.75. The molecule has 0 amide bonds. The van der Waals surface area contributed by atoms with Crippen molar-refractivity contribution >= 4 is 0 Å². The van der Waals surface area contributed by atoms with Crippen LogP contribution in [0.3, 0.4) is 0 Å². The second kappa shape index (κ2) is 4.21. The molecule has 3 nitrogen and oxygen atoms in total. The van der Waals surface area contributed by atoms with E-state index < -0.39 is 0 Å². The molecule has 1 aliphatic carbocycles. The zero-order chi connectivity index (χ0) is 9.14. The molecule has 0 radical (unpaired) electrons. The Labute approximate surface area is 73.9 Å². The van der Waals surface area contributed by atoms with Gasteiger partial charge in [0, 0.05) is 6.04 Å². The van der Waals surface area contributed by atoms with Crippen molar-refractivity contribution in [1.82, 2.24) is 0 Å². The van der Waals surface area contributed by atoms with Crippen LogP contribution in [-0.2, 0) is 4.74 Å². The minimum atomic E-state index is 0.104. The summed E-state index contributed by atoms with van der Waals surface area (Å²) in [4.78, 5) is 0. The van der Waals surface area contributed by atoms with Crippen LogP contribution in [0, 0.1) is 11.8 Å². The third kappa shape index (κ3) is 1.97. The van der Waals surface area contributed by atoms with Crippen LogP contribution in [0.25, 0.3) is 0 Å². The summed E-state index contributed by atoms with van der Waals surface area (Å²) < 4.78 is 5.48. The molecule has 1 rings (SSSR count). The van der Waals surface area contributed by atoms with Crippen molar-refractivity contribution in [3.63, 3.8) is 0 Å². The number of rotatable bonds is 3. The predicted octanol–water partition coefficient (Wildman–Crippen LogP) is 0.367. The first kappa shape index (κ1) is 9.96. The number of hydrogen-bond acceptors (Lipinski definition) is 3. The fourth-order valence-electron chi connectivity index (χ4n) is 1.85. The molecule has 3 N–H and O–H groups in total. The molecule has 0 spiro atoms. The molecule has 1 aliphatic rings. The molecule has 0 bridgehead atoms. The summed E-state index contributed by atoms with van der Waals surface area (Å²) in [5.74, 6) is 1.06. The molecular weight excluding hydrogens is 154 g/mol. The molecule has 0 aromatic carbocycles. The van der Waals surface area contributed by atoms with Crippen LogP contribution in [0.15, 0.2) is 0 Å². The van der Waals surface area contributed by atoms with E-state index in [1.54, 1.807) is 0 Å². The van der Waals surface area contributed by atoms with Crippen molar-refractivity contribution in [2.45, 2.75) is 32.4 Å². The summed E-state index contributed by atoms with van der Waals surface area (Å²) >= 11 is 0.